The first kappa shape index (κ1) is 26.5. The van der Waals surface area contributed by atoms with Gasteiger partial charge in [-0.2, -0.15) is 10.2 Å². The van der Waals surface area contributed by atoms with Gasteiger partial charge >= 0.3 is 0 Å². The van der Waals surface area contributed by atoms with Crippen LogP contribution in [0.1, 0.15) is 36.4 Å². The lowest BCUT2D eigenvalue weighted by atomic mass is 9.77. The second-order valence-corrected chi connectivity index (χ2v) is 11.8. The summed E-state index contributed by atoms with van der Waals surface area (Å²) in [6.07, 6.45) is 4.97. The fourth-order valence-electron chi connectivity index (χ4n) is 6.38. The maximum Gasteiger partial charge on any atom is 0.264 e. The van der Waals surface area contributed by atoms with Crippen molar-refractivity contribution in [1.82, 2.24) is 10.0 Å². The van der Waals surface area contributed by atoms with Gasteiger partial charge in [0.2, 0.25) is 0 Å². The van der Waals surface area contributed by atoms with Crippen LogP contribution >= 0.6 is 15.9 Å². The van der Waals surface area contributed by atoms with Crippen molar-refractivity contribution in [2.45, 2.75) is 37.4 Å². The molecule has 0 N–H and O–H groups in total. The summed E-state index contributed by atoms with van der Waals surface area (Å²) in [5.41, 5.74) is 4.62. The van der Waals surface area contributed by atoms with Crippen molar-refractivity contribution in [1.29, 1.82) is 0 Å². The lowest BCUT2D eigenvalue weighted by molar-refractivity contribution is -0.136. The molecule has 210 valence electrons. The van der Waals surface area contributed by atoms with E-state index in [0.717, 1.165) is 51.0 Å². The molecule has 3 aliphatic heterocycles. The Balaban J connectivity index is 1.18. The molecule has 10 heteroatoms. The lowest BCUT2D eigenvalue weighted by Gasteiger charge is -2.30. The smallest absolute Gasteiger partial charge is 0.264 e. The van der Waals surface area contributed by atoms with Crippen molar-refractivity contribution in [3.63, 3.8) is 0 Å². The number of allylic oxidation sites excluding steroid dienone is 1. The van der Waals surface area contributed by atoms with E-state index in [4.69, 9.17) is 5.10 Å². The predicted octanol–water partition coefficient (Wildman–Crippen LogP) is 5.57. The lowest BCUT2D eigenvalue weighted by Crippen LogP contribution is -2.45. The van der Waals surface area contributed by atoms with Crippen molar-refractivity contribution in [3.05, 3.63) is 106 Å². The number of anilines is 1. The highest BCUT2D eigenvalue weighted by atomic mass is 79.9. The quantitative estimate of drug-likeness (QED) is 0.348. The molecule has 4 atom stereocenters. The molecule has 7 rings (SSSR count). The molecule has 3 aromatic rings. The summed E-state index contributed by atoms with van der Waals surface area (Å²) in [6.45, 7) is -0.222. The van der Waals surface area contributed by atoms with Gasteiger partial charge in [-0.05, 0) is 60.2 Å². The van der Waals surface area contributed by atoms with Crippen LogP contribution in [0, 0.1) is 5.92 Å². The van der Waals surface area contributed by atoms with Crippen molar-refractivity contribution in [2.75, 3.05) is 11.4 Å². The van der Waals surface area contributed by atoms with Crippen LogP contribution in [0.15, 0.2) is 110 Å². The number of hydrogen-bond donors (Lipinski definition) is 0. The number of amides is 3. The zero-order valence-corrected chi connectivity index (χ0v) is 24.2. The van der Waals surface area contributed by atoms with Crippen LogP contribution in [-0.4, -0.2) is 52.1 Å². The maximum atomic E-state index is 14.0. The first-order valence-corrected chi connectivity index (χ1v) is 14.8. The number of benzene rings is 3. The number of carbonyl (C=O) groups is 3. The van der Waals surface area contributed by atoms with Crippen LogP contribution < -0.4 is 4.90 Å². The first-order chi connectivity index (χ1) is 20.5. The molecule has 0 spiro atoms. The Kier molecular flexibility index (Phi) is 6.78. The zero-order valence-electron chi connectivity index (χ0n) is 22.6. The fraction of sp³-hybridized carbons (Fsp3) is 0.250. The Hall–Kier alpha value is -4.44. The van der Waals surface area contributed by atoms with Gasteiger partial charge in [-0.15, -0.1) is 0 Å². The van der Waals surface area contributed by atoms with Gasteiger partial charge in [0.1, 0.15) is 6.54 Å². The highest BCUT2D eigenvalue weighted by molar-refractivity contribution is 9.10. The molecule has 0 aromatic heterocycles. The van der Waals surface area contributed by atoms with Crippen LogP contribution in [0.5, 0.6) is 0 Å². The average Bonchev–Trinajstić information content (AvgIpc) is 3.67. The van der Waals surface area contributed by atoms with Crippen LogP contribution in [-0.2, 0) is 14.4 Å². The maximum absolute atomic E-state index is 14.0. The summed E-state index contributed by atoms with van der Waals surface area (Å²) in [5, 5.41) is 16.1. The molecule has 0 radical (unpaired) electrons. The summed E-state index contributed by atoms with van der Waals surface area (Å²) < 4.78 is 0.744. The Morgan fingerprint density at radius 1 is 0.929 bits per heavy atom. The molecule has 0 unspecified atom stereocenters. The second kappa shape index (κ2) is 10.8. The molecule has 3 heterocycles. The van der Waals surface area contributed by atoms with Gasteiger partial charge in [-0.3, -0.25) is 19.4 Å². The molecule has 9 nitrogen and oxygen atoms in total. The third-order valence-corrected chi connectivity index (χ3v) is 8.75. The van der Waals surface area contributed by atoms with E-state index in [1.54, 1.807) is 23.2 Å². The fourth-order valence-corrected chi connectivity index (χ4v) is 6.76. The average molecular weight is 624 g/mol. The van der Waals surface area contributed by atoms with E-state index in [2.05, 4.69) is 44.5 Å². The number of rotatable bonds is 5. The largest absolute Gasteiger partial charge is 0.271 e. The molecule has 4 aliphatic rings. The van der Waals surface area contributed by atoms with Crippen LogP contribution in [0.4, 0.5) is 5.69 Å². The molecule has 3 amide bonds. The molecule has 2 fully saturated rings. The zero-order chi connectivity index (χ0) is 28.8. The minimum atomic E-state index is -0.984. The summed E-state index contributed by atoms with van der Waals surface area (Å²) in [4.78, 5) is 41.8. The van der Waals surface area contributed by atoms with Crippen LogP contribution in [0.2, 0.25) is 0 Å². The SMILES string of the molecule is O=C1[C@@H]2[C@@H](N=NN2CC(=O)N2N=C3/C(=C\c4ccccc4)CCC[C@@H]3[C@H]2c2ccccc2)C(=O)N1c1cccc(Br)c1. The number of halogens is 1. The van der Waals surface area contributed by atoms with E-state index in [1.165, 1.54) is 5.01 Å². The number of carbonyl (C=O) groups excluding carboxylic acids is 3. The Morgan fingerprint density at radius 3 is 2.45 bits per heavy atom. The minimum Gasteiger partial charge on any atom is -0.271 e. The summed E-state index contributed by atoms with van der Waals surface area (Å²) in [6, 6.07) is 24.8. The van der Waals surface area contributed by atoms with Gasteiger partial charge in [0.15, 0.2) is 12.1 Å². The second-order valence-electron chi connectivity index (χ2n) is 10.8. The normalized spacial score (nSPS) is 25.7. The van der Waals surface area contributed by atoms with Crippen molar-refractivity contribution in [2.24, 2.45) is 21.4 Å². The standard InChI is InChI=1S/C32H27BrN6O3/c33-23-14-8-15-24(18-23)38-31(41)28-30(32(38)42)37(36-34-28)19-26(40)39-29(21-11-5-2-6-12-21)25-16-7-13-22(27(25)35-39)17-20-9-3-1-4-10-20/h1-6,8-12,14-15,17-18,25,28-30H,7,13,16,19H2/b22-17-/t25-,28+,29+,30-/m0/s1. The molecule has 42 heavy (non-hydrogen) atoms. The van der Waals surface area contributed by atoms with Gasteiger partial charge in [-0.25, -0.2) is 9.91 Å². The number of nitrogens with zero attached hydrogens (tertiary/aromatic N) is 6. The van der Waals surface area contributed by atoms with Gasteiger partial charge in [-0.1, -0.05) is 87.9 Å². The Bertz CT molecular complexity index is 1660. The van der Waals surface area contributed by atoms with E-state index < -0.39 is 23.9 Å². The number of hydrazone groups is 1. The van der Waals surface area contributed by atoms with E-state index in [1.807, 2.05) is 54.6 Å². The van der Waals surface area contributed by atoms with Crippen LogP contribution in [0.25, 0.3) is 6.08 Å². The first-order valence-electron chi connectivity index (χ1n) is 14.0. The van der Waals surface area contributed by atoms with Crippen LogP contribution in [0.3, 0.4) is 0 Å². The van der Waals surface area contributed by atoms with Gasteiger partial charge in [0, 0.05) is 10.4 Å². The van der Waals surface area contributed by atoms with E-state index in [9.17, 15) is 14.4 Å². The predicted molar refractivity (Wildman–Crippen MR) is 161 cm³/mol. The summed E-state index contributed by atoms with van der Waals surface area (Å²) >= 11 is 3.40. The van der Waals surface area contributed by atoms with Gasteiger partial charge in [0.05, 0.1) is 17.4 Å². The highest BCUT2D eigenvalue weighted by Crippen LogP contribution is 2.44. The molecule has 1 saturated heterocycles. The number of imide groups is 1. The minimum absolute atomic E-state index is 0.0507. The molecular weight excluding hydrogens is 596 g/mol. The van der Waals surface area contributed by atoms with Gasteiger partial charge in [0.25, 0.3) is 17.7 Å². The van der Waals surface area contributed by atoms with Gasteiger partial charge < -0.3 is 0 Å². The third-order valence-electron chi connectivity index (χ3n) is 8.26. The monoisotopic (exact) mass is 622 g/mol. The summed E-state index contributed by atoms with van der Waals surface area (Å²) in [5.74, 6) is -1.15. The molecule has 0 bridgehead atoms. The van der Waals surface area contributed by atoms with Crippen molar-refractivity contribution < 1.29 is 14.4 Å². The van der Waals surface area contributed by atoms with Crippen molar-refractivity contribution in [3.8, 4) is 0 Å². The van der Waals surface area contributed by atoms with E-state index in [0.29, 0.717) is 5.69 Å². The molecule has 3 aromatic carbocycles. The number of fused-ring (bicyclic) bond motifs is 2. The van der Waals surface area contributed by atoms with Crippen molar-refractivity contribution >= 4 is 51.1 Å². The van der Waals surface area contributed by atoms with E-state index in [-0.39, 0.29) is 24.4 Å². The topological polar surface area (TPSA) is 98.0 Å². The Labute approximate surface area is 251 Å². The molecular formula is C32H27BrN6O3. The molecule has 1 saturated carbocycles. The highest BCUT2D eigenvalue weighted by Gasteiger charge is 2.55. The van der Waals surface area contributed by atoms with E-state index >= 15 is 0 Å². The number of hydrogen-bond acceptors (Lipinski definition) is 7. The Morgan fingerprint density at radius 2 is 1.69 bits per heavy atom. The molecule has 1 aliphatic carbocycles. The summed E-state index contributed by atoms with van der Waals surface area (Å²) in [7, 11) is 0. The third kappa shape index (κ3) is 4.56.